The zero-order chi connectivity index (χ0) is 19.3. The van der Waals surface area contributed by atoms with E-state index in [4.69, 9.17) is 15.0 Å². The highest BCUT2D eigenvalue weighted by Gasteiger charge is 2.18. The van der Waals surface area contributed by atoms with Gasteiger partial charge in [0.15, 0.2) is 11.3 Å². The highest BCUT2D eigenvalue weighted by Crippen LogP contribution is 2.29. The summed E-state index contributed by atoms with van der Waals surface area (Å²) in [6.45, 7) is 4.13. The molecule has 0 aliphatic rings. The molecule has 0 atom stereocenters. The van der Waals surface area contributed by atoms with Crippen LogP contribution in [0, 0.1) is 19.7 Å². The second kappa shape index (κ2) is 6.23. The van der Waals surface area contributed by atoms with E-state index in [0.29, 0.717) is 17.1 Å². The maximum absolute atomic E-state index is 13.5. The summed E-state index contributed by atoms with van der Waals surface area (Å²) in [6, 6.07) is 20.4. The van der Waals surface area contributed by atoms with Crippen LogP contribution in [0.3, 0.4) is 0 Å². The van der Waals surface area contributed by atoms with Gasteiger partial charge in [0.05, 0.1) is 11.0 Å². The smallest absolute Gasteiger partial charge is 0.199 e. The topological polar surface area (TPSA) is 43.6 Å². The highest BCUT2D eigenvalue weighted by molar-refractivity contribution is 5.86. The van der Waals surface area contributed by atoms with Crippen LogP contribution in [-0.2, 0) is 0 Å². The van der Waals surface area contributed by atoms with Crippen LogP contribution in [0.4, 0.5) is 4.39 Å². The van der Waals surface area contributed by atoms with Crippen LogP contribution in [0.25, 0.3) is 39.4 Å². The number of para-hydroxylation sites is 2. The Morgan fingerprint density at radius 3 is 2.07 bits per heavy atom. The summed E-state index contributed by atoms with van der Waals surface area (Å²) in [5.74, 6) is 0.412. The van der Waals surface area contributed by atoms with Gasteiger partial charge in [0.2, 0.25) is 0 Å². The molecule has 0 spiro atoms. The van der Waals surface area contributed by atoms with Gasteiger partial charge in [-0.25, -0.2) is 19.3 Å². The third-order valence-corrected chi connectivity index (χ3v) is 4.74. The zero-order valence-electron chi connectivity index (χ0n) is 15.5. The Kier molecular flexibility index (Phi) is 3.69. The number of halogens is 1. The van der Waals surface area contributed by atoms with E-state index in [-0.39, 0.29) is 5.82 Å². The molecule has 0 aliphatic carbocycles. The number of hydrogen-bond donors (Lipinski definition) is 0. The highest BCUT2D eigenvalue weighted by atomic mass is 19.1. The number of aromatic nitrogens is 4. The molecule has 0 N–H and O–H groups in total. The Bertz CT molecular complexity index is 1320. The van der Waals surface area contributed by atoms with Crippen LogP contribution >= 0.6 is 0 Å². The SMILES string of the molecule is Cc1cc(C)cc(-n2c(-c3ccc(F)cc3)nc3nc4ccccc4nc32)c1. The molecular formula is C23H17FN4. The van der Waals surface area contributed by atoms with Gasteiger partial charge in [-0.3, -0.25) is 4.57 Å². The molecule has 3 aromatic carbocycles. The fraction of sp³-hybridized carbons (Fsp3) is 0.0870. The summed E-state index contributed by atoms with van der Waals surface area (Å²) in [5, 5.41) is 0. The molecule has 0 bridgehead atoms. The maximum atomic E-state index is 13.5. The van der Waals surface area contributed by atoms with Gasteiger partial charge in [-0.05, 0) is 73.5 Å². The Morgan fingerprint density at radius 2 is 1.39 bits per heavy atom. The molecular weight excluding hydrogens is 351 g/mol. The molecule has 28 heavy (non-hydrogen) atoms. The monoisotopic (exact) mass is 368 g/mol. The van der Waals surface area contributed by atoms with Gasteiger partial charge >= 0.3 is 0 Å². The van der Waals surface area contributed by atoms with Gasteiger partial charge in [-0.15, -0.1) is 0 Å². The Labute approximate surface area is 161 Å². The molecule has 2 heterocycles. The van der Waals surface area contributed by atoms with E-state index in [2.05, 4.69) is 32.0 Å². The standard InChI is InChI=1S/C23H17FN4/c1-14-11-15(2)13-18(12-14)28-22(16-7-9-17(24)10-8-16)27-21-23(28)26-20-6-4-3-5-19(20)25-21/h3-13H,1-2H3. The number of fused-ring (bicyclic) bond motifs is 2. The largest absolute Gasteiger partial charge is 0.275 e. The lowest BCUT2D eigenvalue weighted by molar-refractivity contribution is 0.628. The van der Waals surface area contributed by atoms with E-state index in [1.165, 1.54) is 12.1 Å². The molecule has 0 aliphatic heterocycles. The molecule has 5 heteroatoms. The summed E-state index contributed by atoms with van der Waals surface area (Å²) in [4.78, 5) is 14.3. The lowest BCUT2D eigenvalue weighted by Gasteiger charge is -2.11. The van der Waals surface area contributed by atoms with Crippen LogP contribution in [0.1, 0.15) is 11.1 Å². The summed E-state index contributed by atoms with van der Waals surface area (Å²) >= 11 is 0. The molecule has 0 amide bonds. The first-order valence-corrected chi connectivity index (χ1v) is 9.08. The average Bonchev–Trinajstić information content (AvgIpc) is 3.04. The van der Waals surface area contributed by atoms with Crippen molar-refractivity contribution in [1.82, 2.24) is 19.5 Å². The first kappa shape index (κ1) is 16.6. The minimum atomic E-state index is -0.278. The van der Waals surface area contributed by atoms with Crippen molar-refractivity contribution in [1.29, 1.82) is 0 Å². The van der Waals surface area contributed by atoms with E-state index in [1.54, 1.807) is 12.1 Å². The van der Waals surface area contributed by atoms with E-state index in [9.17, 15) is 4.39 Å². The second-order valence-corrected chi connectivity index (χ2v) is 6.98. The number of imidazole rings is 1. The lowest BCUT2D eigenvalue weighted by atomic mass is 10.1. The van der Waals surface area contributed by atoms with Crippen LogP contribution in [0.5, 0.6) is 0 Å². The summed E-state index contributed by atoms with van der Waals surface area (Å²) in [5.41, 5.74) is 6.93. The zero-order valence-corrected chi connectivity index (χ0v) is 15.5. The van der Waals surface area contributed by atoms with E-state index < -0.39 is 0 Å². The lowest BCUT2D eigenvalue weighted by Crippen LogP contribution is -2.00. The Morgan fingerprint density at radius 1 is 0.750 bits per heavy atom. The fourth-order valence-corrected chi connectivity index (χ4v) is 3.57. The van der Waals surface area contributed by atoms with Gasteiger partial charge < -0.3 is 0 Å². The molecule has 0 saturated heterocycles. The number of benzene rings is 3. The van der Waals surface area contributed by atoms with Crippen LogP contribution in [0.15, 0.2) is 66.7 Å². The number of nitrogens with zero attached hydrogens (tertiary/aromatic N) is 4. The minimum absolute atomic E-state index is 0.278. The van der Waals surface area contributed by atoms with Crippen LogP contribution in [-0.4, -0.2) is 19.5 Å². The van der Waals surface area contributed by atoms with Crippen molar-refractivity contribution in [3.63, 3.8) is 0 Å². The normalized spacial score (nSPS) is 11.4. The second-order valence-electron chi connectivity index (χ2n) is 6.98. The predicted molar refractivity (Wildman–Crippen MR) is 109 cm³/mol. The molecule has 4 nitrogen and oxygen atoms in total. The maximum Gasteiger partial charge on any atom is 0.199 e. The van der Waals surface area contributed by atoms with Crippen LogP contribution < -0.4 is 0 Å². The average molecular weight is 368 g/mol. The van der Waals surface area contributed by atoms with Crippen molar-refractivity contribution >= 4 is 22.3 Å². The third kappa shape index (κ3) is 2.72. The van der Waals surface area contributed by atoms with Crippen molar-refractivity contribution in [2.75, 3.05) is 0 Å². The van der Waals surface area contributed by atoms with Gasteiger partial charge in [-0.2, -0.15) is 0 Å². The van der Waals surface area contributed by atoms with Crippen LogP contribution in [0.2, 0.25) is 0 Å². The van der Waals surface area contributed by atoms with Gasteiger partial charge in [0.25, 0.3) is 0 Å². The van der Waals surface area contributed by atoms with Gasteiger partial charge in [-0.1, -0.05) is 18.2 Å². The summed E-state index contributed by atoms with van der Waals surface area (Å²) in [6.07, 6.45) is 0. The number of rotatable bonds is 2. The molecule has 2 aromatic heterocycles. The minimum Gasteiger partial charge on any atom is -0.275 e. The fourth-order valence-electron chi connectivity index (χ4n) is 3.57. The van der Waals surface area contributed by atoms with Crippen molar-refractivity contribution in [2.24, 2.45) is 0 Å². The quantitative estimate of drug-likeness (QED) is 0.419. The number of aryl methyl sites for hydroxylation is 2. The van der Waals surface area contributed by atoms with Crippen molar-refractivity contribution in [3.8, 4) is 17.1 Å². The molecule has 0 fully saturated rings. The third-order valence-electron chi connectivity index (χ3n) is 4.74. The Hall–Kier alpha value is -3.60. The molecule has 5 rings (SSSR count). The molecule has 0 unspecified atom stereocenters. The molecule has 0 radical (unpaired) electrons. The first-order valence-electron chi connectivity index (χ1n) is 9.08. The van der Waals surface area contributed by atoms with Gasteiger partial charge in [0, 0.05) is 11.3 Å². The Balaban J connectivity index is 1.89. The van der Waals surface area contributed by atoms with E-state index >= 15 is 0 Å². The van der Waals surface area contributed by atoms with Gasteiger partial charge in [0.1, 0.15) is 11.6 Å². The van der Waals surface area contributed by atoms with Crippen molar-refractivity contribution in [2.45, 2.75) is 13.8 Å². The molecule has 136 valence electrons. The first-order chi connectivity index (χ1) is 13.6. The number of hydrogen-bond acceptors (Lipinski definition) is 3. The summed E-state index contributed by atoms with van der Waals surface area (Å²) in [7, 11) is 0. The molecule has 0 saturated carbocycles. The van der Waals surface area contributed by atoms with E-state index in [0.717, 1.165) is 33.4 Å². The summed E-state index contributed by atoms with van der Waals surface area (Å²) < 4.78 is 15.5. The van der Waals surface area contributed by atoms with Crippen molar-refractivity contribution in [3.05, 3.63) is 83.7 Å². The van der Waals surface area contributed by atoms with Crippen molar-refractivity contribution < 1.29 is 4.39 Å². The molecule has 5 aromatic rings. The predicted octanol–water partition coefficient (Wildman–Crippen LogP) is 5.39. The van der Waals surface area contributed by atoms with E-state index in [1.807, 2.05) is 28.8 Å².